The number of aliphatic hydroxyl groups excluding tert-OH is 1. The topological polar surface area (TPSA) is 310 Å². The summed E-state index contributed by atoms with van der Waals surface area (Å²) in [6.45, 7) is -0.576. The van der Waals surface area contributed by atoms with Crippen LogP contribution in [0.3, 0.4) is 0 Å². The Morgan fingerprint density at radius 1 is 0.698 bits per heavy atom. The Kier molecular flexibility index (Phi) is 13.9. The van der Waals surface area contributed by atoms with E-state index in [4.69, 9.17) is 13.8 Å². The SMILES string of the molecule is COc1cc(N=Nc2cc(S(=O)(=O)O)c3cccc(S(=O)(=O)O)c3c2)c(CO)cc1Cc1nc(SCCCS(=O)(=O)O)nc(SCCCS(=O)(=O)O)n1. The summed E-state index contributed by atoms with van der Waals surface area (Å²) in [5.74, 6) is -0.105. The predicted molar refractivity (Wildman–Crippen MR) is 193 cm³/mol. The summed E-state index contributed by atoms with van der Waals surface area (Å²) in [7, 11) is -16.8. The van der Waals surface area contributed by atoms with Crippen LogP contribution in [0.25, 0.3) is 10.8 Å². The van der Waals surface area contributed by atoms with Gasteiger partial charge in [-0.2, -0.15) is 48.9 Å². The molecule has 288 valence electrons. The van der Waals surface area contributed by atoms with Crippen LogP contribution in [0.15, 0.2) is 72.8 Å². The maximum Gasteiger partial charge on any atom is 0.295 e. The van der Waals surface area contributed by atoms with Crippen molar-refractivity contribution >= 4 is 86.1 Å². The number of methoxy groups -OCH3 is 1. The Hall–Kier alpha value is -3.37. The lowest BCUT2D eigenvalue weighted by atomic mass is 10.0. The molecule has 0 aliphatic carbocycles. The molecule has 0 aliphatic rings. The zero-order valence-electron chi connectivity index (χ0n) is 27.3. The van der Waals surface area contributed by atoms with Crippen molar-refractivity contribution in [3.63, 3.8) is 0 Å². The van der Waals surface area contributed by atoms with Crippen LogP contribution < -0.4 is 4.74 Å². The number of aliphatic hydroxyl groups is 1. The number of rotatable bonds is 18. The zero-order valence-corrected chi connectivity index (χ0v) is 32.2. The minimum Gasteiger partial charge on any atom is -0.496 e. The van der Waals surface area contributed by atoms with Gasteiger partial charge in [-0.15, -0.1) is 0 Å². The van der Waals surface area contributed by atoms with Crippen LogP contribution in [0.5, 0.6) is 5.75 Å². The number of hydrogen-bond donors (Lipinski definition) is 5. The molecule has 0 spiro atoms. The molecule has 3 aromatic carbocycles. The van der Waals surface area contributed by atoms with E-state index in [0.717, 1.165) is 41.7 Å². The Bertz CT molecular complexity index is 2420. The third-order valence-corrected chi connectivity index (χ3v) is 12.2. The van der Waals surface area contributed by atoms with Crippen molar-refractivity contribution in [3.05, 3.63) is 59.4 Å². The molecule has 0 saturated carbocycles. The largest absolute Gasteiger partial charge is 0.496 e. The number of azo groups is 1. The summed E-state index contributed by atoms with van der Waals surface area (Å²) in [6, 6.07) is 8.43. The fraction of sp³-hybridized carbons (Fsp3) is 0.321. The smallest absolute Gasteiger partial charge is 0.295 e. The first-order valence-electron chi connectivity index (χ1n) is 14.8. The van der Waals surface area contributed by atoms with E-state index < -0.39 is 68.4 Å². The maximum absolute atomic E-state index is 12.2. The average Bonchev–Trinajstić information content (AvgIpc) is 3.05. The third-order valence-electron chi connectivity index (χ3n) is 6.93. The van der Waals surface area contributed by atoms with Crippen LogP contribution in [0.2, 0.25) is 0 Å². The molecular weight excluding hydrogens is 823 g/mol. The summed E-state index contributed by atoms with van der Waals surface area (Å²) in [6.07, 6.45) is 0.167. The van der Waals surface area contributed by atoms with Gasteiger partial charge in [0.25, 0.3) is 40.5 Å². The molecule has 0 fully saturated rings. The van der Waals surface area contributed by atoms with E-state index in [0.29, 0.717) is 5.56 Å². The lowest BCUT2D eigenvalue weighted by molar-refractivity contribution is 0.282. The molecule has 25 heteroatoms. The van der Waals surface area contributed by atoms with Crippen molar-refractivity contribution in [1.82, 2.24) is 15.0 Å². The molecule has 0 radical (unpaired) electrons. The quantitative estimate of drug-likeness (QED) is 0.0412. The first kappa shape index (κ1) is 42.4. The fourth-order valence-corrected chi connectivity index (χ4v) is 9.14. The van der Waals surface area contributed by atoms with E-state index >= 15 is 0 Å². The number of aromatic nitrogens is 3. The number of fused-ring (bicyclic) bond motifs is 1. The van der Waals surface area contributed by atoms with Gasteiger partial charge in [-0.25, -0.2) is 9.97 Å². The number of benzene rings is 3. The Morgan fingerprint density at radius 2 is 1.28 bits per heavy atom. The van der Waals surface area contributed by atoms with Gasteiger partial charge in [0, 0.05) is 45.9 Å². The van der Waals surface area contributed by atoms with Gasteiger partial charge < -0.3 is 9.84 Å². The minimum atomic E-state index is -4.91. The highest BCUT2D eigenvalue weighted by atomic mass is 32.2. The van der Waals surface area contributed by atoms with Crippen LogP contribution in [-0.4, -0.2) is 102 Å². The molecule has 53 heavy (non-hydrogen) atoms. The third kappa shape index (κ3) is 12.6. The van der Waals surface area contributed by atoms with Gasteiger partial charge >= 0.3 is 0 Å². The second-order valence-corrected chi connectivity index (χ2v) is 18.9. The highest BCUT2D eigenvalue weighted by Crippen LogP contribution is 2.36. The van der Waals surface area contributed by atoms with E-state index in [1.54, 1.807) is 0 Å². The molecule has 0 aliphatic heterocycles. The second kappa shape index (κ2) is 17.4. The molecule has 0 atom stereocenters. The molecule has 19 nitrogen and oxygen atoms in total. The summed E-state index contributed by atoms with van der Waals surface area (Å²) in [4.78, 5) is 11.8. The highest BCUT2D eigenvalue weighted by Gasteiger charge is 2.22. The number of thioether (sulfide) groups is 2. The Morgan fingerprint density at radius 3 is 1.79 bits per heavy atom. The van der Waals surface area contributed by atoms with E-state index in [2.05, 4.69) is 25.2 Å². The fourth-order valence-electron chi connectivity index (χ4n) is 4.70. The first-order valence-corrected chi connectivity index (χ1v) is 22.9. The van der Waals surface area contributed by atoms with E-state index in [1.165, 1.54) is 31.4 Å². The van der Waals surface area contributed by atoms with Gasteiger partial charge in [-0.05, 0) is 37.1 Å². The summed E-state index contributed by atoms with van der Waals surface area (Å²) < 4.78 is 136. The molecule has 1 heterocycles. The van der Waals surface area contributed by atoms with Crippen LogP contribution >= 0.6 is 23.5 Å². The second-order valence-electron chi connectivity index (χ2n) is 10.9. The molecule has 1 aromatic heterocycles. The minimum absolute atomic E-state index is 0.00587. The number of ether oxygens (including phenoxy) is 1. The van der Waals surface area contributed by atoms with Gasteiger partial charge in [0.1, 0.15) is 21.4 Å². The molecule has 0 saturated heterocycles. The van der Waals surface area contributed by atoms with E-state index in [9.17, 15) is 47.9 Å². The number of hydrogen-bond acceptors (Lipinski definition) is 17. The van der Waals surface area contributed by atoms with Gasteiger partial charge in [0.15, 0.2) is 10.3 Å². The molecule has 4 rings (SSSR count). The van der Waals surface area contributed by atoms with Crippen LogP contribution in [-0.2, 0) is 53.5 Å². The summed E-state index contributed by atoms with van der Waals surface area (Å²) >= 11 is 2.17. The van der Waals surface area contributed by atoms with Gasteiger partial charge in [-0.3, -0.25) is 18.2 Å². The van der Waals surface area contributed by atoms with Crippen molar-refractivity contribution < 1.29 is 61.7 Å². The lowest BCUT2D eigenvalue weighted by Crippen LogP contribution is -2.07. The van der Waals surface area contributed by atoms with Gasteiger partial charge in [-0.1, -0.05) is 35.7 Å². The van der Waals surface area contributed by atoms with E-state index in [-0.39, 0.29) is 80.4 Å². The molecule has 4 aromatic rings. The van der Waals surface area contributed by atoms with Gasteiger partial charge in [0.2, 0.25) is 0 Å². The molecule has 0 bridgehead atoms. The first-order chi connectivity index (χ1) is 24.7. The number of nitrogens with zero attached hydrogens (tertiary/aromatic N) is 5. The average molecular weight is 854 g/mol. The summed E-state index contributed by atoms with van der Waals surface area (Å²) in [5.41, 5.74) is 0.461. The standard InChI is InChI=1S/C28H31N5O14S6/c1-47-23-15-22(33-32-19-13-21-20(25(14-19)53(44,45)46)5-2-6-24(21)52(41,42)43)18(16-34)11-17(23)12-26-29-27(48-7-3-9-50(35,36)37)31-28(30-26)49-8-4-10-51(38,39)40/h2,5-6,11,13-15,34H,3-4,7-10,12,16H2,1H3,(H,35,36,37)(H,38,39,40)(H,41,42,43)(H,44,45,46). The Balaban J connectivity index is 1.69. The van der Waals surface area contributed by atoms with Crippen molar-refractivity contribution in [2.45, 2.75) is 46.0 Å². The normalized spacial score (nSPS) is 12.9. The van der Waals surface area contributed by atoms with Crippen LogP contribution in [0.1, 0.15) is 29.8 Å². The monoisotopic (exact) mass is 853 g/mol. The zero-order chi connectivity index (χ0) is 39.2. The predicted octanol–water partition coefficient (Wildman–Crippen LogP) is 3.77. The van der Waals surface area contributed by atoms with Crippen molar-refractivity contribution in [3.8, 4) is 5.75 Å². The highest BCUT2D eigenvalue weighted by molar-refractivity contribution is 7.99. The van der Waals surface area contributed by atoms with Crippen molar-refractivity contribution in [1.29, 1.82) is 0 Å². The van der Waals surface area contributed by atoms with Crippen LogP contribution in [0.4, 0.5) is 11.4 Å². The lowest BCUT2D eigenvalue weighted by Gasteiger charge is -2.13. The summed E-state index contributed by atoms with van der Waals surface area (Å²) in [5, 5.41) is 18.2. The molecule has 5 N–H and O–H groups in total. The molecular formula is C28H31N5O14S6. The Labute approximate surface area is 312 Å². The van der Waals surface area contributed by atoms with E-state index in [1.807, 2.05) is 0 Å². The maximum atomic E-state index is 12.2. The van der Waals surface area contributed by atoms with Crippen molar-refractivity contribution in [2.24, 2.45) is 10.2 Å². The van der Waals surface area contributed by atoms with Crippen molar-refractivity contribution in [2.75, 3.05) is 30.1 Å². The van der Waals surface area contributed by atoms with Crippen LogP contribution in [0, 0.1) is 0 Å². The molecule has 0 unspecified atom stereocenters. The molecule has 0 amide bonds. The van der Waals surface area contributed by atoms with Gasteiger partial charge in [0.05, 0.1) is 36.6 Å².